The van der Waals surface area contributed by atoms with Crippen LogP contribution in [0.2, 0.25) is 0 Å². The smallest absolute Gasteiger partial charge is 0.415 e. The number of ether oxygens (including phenoxy) is 1. The van der Waals surface area contributed by atoms with E-state index in [0.717, 1.165) is 0 Å². The molecule has 16 heavy (non-hydrogen) atoms. The van der Waals surface area contributed by atoms with Gasteiger partial charge in [0, 0.05) is 0 Å². The van der Waals surface area contributed by atoms with Crippen molar-refractivity contribution >= 4 is 18.0 Å². The van der Waals surface area contributed by atoms with E-state index in [4.69, 9.17) is 0 Å². The molecule has 0 spiro atoms. The molecule has 2 atom stereocenters. The molecule has 0 bridgehead atoms. The van der Waals surface area contributed by atoms with Crippen LogP contribution in [0.5, 0.6) is 0 Å². The maximum Gasteiger partial charge on any atom is 0.415 e. The Morgan fingerprint density at radius 3 is 2.69 bits per heavy atom. The van der Waals surface area contributed by atoms with E-state index in [1.165, 1.54) is 0 Å². The lowest BCUT2D eigenvalue weighted by atomic mass is 10.3. The number of rotatable bonds is 5. The average Bonchev–Trinajstić information content (AvgIpc) is 2.61. The Balaban J connectivity index is 2.43. The molecule has 94 valence electrons. The molecule has 0 heterocycles. The van der Waals surface area contributed by atoms with Crippen molar-refractivity contribution in [3.63, 3.8) is 0 Å². The summed E-state index contributed by atoms with van der Waals surface area (Å²) in [6, 6.07) is 0. The number of aliphatic hydroxyl groups is 1. The van der Waals surface area contributed by atoms with Crippen LogP contribution < -0.4 is 5.26 Å². The lowest BCUT2D eigenvalue weighted by Crippen LogP contribution is -2.34. The second-order valence-corrected chi connectivity index (χ2v) is 3.99. The number of carbonyl (C=O) groups excluding carboxylic acids is 1. The van der Waals surface area contributed by atoms with Crippen molar-refractivity contribution in [1.82, 2.24) is 0 Å². The molecule has 0 saturated heterocycles. The van der Waals surface area contributed by atoms with Crippen LogP contribution in [0.25, 0.3) is 0 Å². The Morgan fingerprint density at radius 2 is 2.19 bits per heavy atom. The third-order valence-electron chi connectivity index (χ3n) is 2.08. The summed E-state index contributed by atoms with van der Waals surface area (Å²) in [5.41, 5.74) is 0. The molecule has 0 aromatic heterocycles. The highest BCUT2D eigenvalue weighted by atomic mass is 32.2. The van der Waals surface area contributed by atoms with Crippen LogP contribution in [0.4, 0.5) is 8.78 Å². The second kappa shape index (κ2) is 5.73. The Labute approximate surface area is 93.5 Å². The van der Waals surface area contributed by atoms with Crippen LogP contribution in [0.15, 0.2) is 0 Å². The van der Waals surface area contributed by atoms with Crippen molar-refractivity contribution in [3.05, 3.63) is 0 Å². The highest BCUT2D eigenvalue weighted by Gasteiger charge is 2.46. The van der Waals surface area contributed by atoms with Gasteiger partial charge in [-0.1, -0.05) is 0 Å². The molecule has 1 saturated carbocycles. The first kappa shape index (κ1) is 13.6. The molecular weight excluding hydrogens is 250 g/mol. The minimum absolute atomic E-state index is 0.326. The van der Waals surface area contributed by atoms with E-state index in [-0.39, 0.29) is 0 Å². The zero-order valence-electron chi connectivity index (χ0n) is 7.93. The molecule has 6 nitrogen and oxygen atoms in total. The third-order valence-corrected chi connectivity index (χ3v) is 2.58. The predicted molar refractivity (Wildman–Crippen MR) is 44.4 cm³/mol. The van der Waals surface area contributed by atoms with E-state index in [2.05, 4.69) is 14.1 Å². The van der Waals surface area contributed by atoms with Gasteiger partial charge >= 0.3 is 11.2 Å². The normalized spacial score (nSPS) is 25.8. The zero-order valence-corrected chi connectivity index (χ0v) is 8.75. The van der Waals surface area contributed by atoms with Crippen LogP contribution in [0, 0.1) is 0 Å². The van der Waals surface area contributed by atoms with Gasteiger partial charge in [-0.3, -0.25) is 5.04 Å². The van der Waals surface area contributed by atoms with Crippen LogP contribution in [-0.2, 0) is 18.9 Å². The van der Waals surface area contributed by atoms with Crippen molar-refractivity contribution in [2.24, 2.45) is 0 Å². The number of hydrogen-bond acceptors (Lipinski definition) is 7. The van der Waals surface area contributed by atoms with Gasteiger partial charge in [-0.15, -0.1) is 0 Å². The molecule has 1 N–H and O–H groups in total. The maximum absolute atomic E-state index is 12.8. The lowest BCUT2D eigenvalue weighted by Gasteiger charge is -2.19. The fourth-order valence-electron chi connectivity index (χ4n) is 1.34. The van der Waals surface area contributed by atoms with Crippen LogP contribution in [0.3, 0.4) is 0 Å². The number of aliphatic hydroxyl groups excluding tert-OH is 1. The monoisotopic (exact) mass is 259 g/mol. The summed E-state index contributed by atoms with van der Waals surface area (Å²) in [7, 11) is 0. The maximum atomic E-state index is 12.8. The van der Waals surface area contributed by atoms with Gasteiger partial charge in [0.05, 0.1) is 6.10 Å². The van der Waals surface area contributed by atoms with Gasteiger partial charge in [0.25, 0.3) is 0 Å². The van der Waals surface area contributed by atoms with Gasteiger partial charge in [0.1, 0.15) is 18.1 Å². The van der Waals surface area contributed by atoms with E-state index in [9.17, 15) is 23.9 Å². The first-order valence-electron chi connectivity index (χ1n) is 4.38. The minimum Gasteiger partial charge on any atom is -0.691 e. The molecule has 0 aromatic carbocycles. The van der Waals surface area contributed by atoms with Gasteiger partial charge in [-0.2, -0.15) is 13.1 Å². The average molecular weight is 259 g/mol. The molecule has 1 aliphatic carbocycles. The molecule has 0 aromatic rings. The molecule has 1 rings (SSSR count). The Bertz CT molecular complexity index is 251. The SMILES string of the molecule is O=C(OC1CCCC1O)C(F)(F)SOO[O-]. The summed E-state index contributed by atoms with van der Waals surface area (Å²) in [5, 5.41) is 17.2. The summed E-state index contributed by atoms with van der Waals surface area (Å²) < 4.78 is 33.4. The van der Waals surface area contributed by atoms with E-state index in [0.29, 0.717) is 19.3 Å². The van der Waals surface area contributed by atoms with Crippen molar-refractivity contribution in [3.8, 4) is 0 Å². The molecule has 2 unspecified atom stereocenters. The summed E-state index contributed by atoms with van der Waals surface area (Å²) in [5.74, 6) is -1.87. The van der Waals surface area contributed by atoms with Gasteiger partial charge in [-0.25, -0.2) is 4.79 Å². The van der Waals surface area contributed by atoms with Gasteiger partial charge in [0.2, 0.25) is 0 Å². The second-order valence-electron chi connectivity index (χ2n) is 3.18. The summed E-state index contributed by atoms with van der Waals surface area (Å²) in [6.45, 7) is 0. The largest absolute Gasteiger partial charge is 0.691 e. The highest BCUT2D eigenvalue weighted by molar-refractivity contribution is 7.96. The third kappa shape index (κ3) is 3.52. The van der Waals surface area contributed by atoms with E-state index < -0.39 is 35.5 Å². The number of hydrogen-bond donors (Lipinski definition) is 1. The standard InChI is InChI=1S/C7H10F2O6S/c8-7(9,16-15-14-12)6(11)13-5-3-1-2-4(5)10/h4-5,10,12H,1-3H2/p-1. The molecule has 9 heteroatoms. The van der Waals surface area contributed by atoms with Crippen LogP contribution >= 0.6 is 12.0 Å². The van der Waals surface area contributed by atoms with E-state index >= 15 is 0 Å². The summed E-state index contributed by atoms with van der Waals surface area (Å²) >= 11 is -0.753. The fraction of sp³-hybridized carbons (Fsp3) is 0.857. The van der Waals surface area contributed by atoms with Crippen molar-refractivity contribution in [2.75, 3.05) is 0 Å². The first-order valence-corrected chi connectivity index (χ1v) is 5.13. The lowest BCUT2D eigenvalue weighted by molar-refractivity contribution is -0.777. The Kier molecular flexibility index (Phi) is 4.87. The highest BCUT2D eigenvalue weighted by Crippen LogP contribution is 2.33. The molecule has 1 aliphatic rings. The molecular formula is C7H9F2O6S-. The molecule has 0 aliphatic heterocycles. The van der Waals surface area contributed by atoms with E-state index in [1.807, 2.05) is 0 Å². The number of esters is 1. The zero-order chi connectivity index (χ0) is 12.2. The summed E-state index contributed by atoms with van der Waals surface area (Å²) in [4.78, 5) is 10.9. The Hall–Kier alpha value is -0.480. The molecule has 0 radical (unpaired) electrons. The fourth-order valence-corrected chi connectivity index (χ4v) is 1.57. The molecule has 0 amide bonds. The minimum atomic E-state index is -4.05. The van der Waals surface area contributed by atoms with E-state index in [1.54, 1.807) is 0 Å². The van der Waals surface area contributed by atoms with Crippen LogP contribution in [-0.4, -0.2) is 28.5 Å². The number of alkyl halides is 2. The molecule has 1 fully saturated rings. The van der Waals surface area contributed by atoms with Crippen molar-refractivity contribution in [2.45, 2.75) is 36.7 Å². The van der Waals surface area contributed by atoms with Crippen molar-refractivity contribution < 1.29 is 38.0 Å². The number of halogens is 2. The Morgan fingerprint density at radius 1 is 1.50 bits per heavy atom. The van der Waals surface area contributed by atoms with Crippen molar-refractivity contribution in [1.29, 1.82) is 0 Å². The van der Waals surface area contributed by atoms with Gasteiger partial charge in [0.15, 0.2) is 0 Å². The van der Waals surface area contributed by atoms with Crippen LogP contribution in [0.1, 0.15) is 19.3 Å². The van der Waals surface area contributed by atoms with Gasteiger partial charge < -0.3 is 15.1 Å². The van der Waals surface area contributed by atoms with Gasteiger partial charge in [-0.05, 0) is 19.3 Å². The quantitative estimate of drug-likeness (QED) is 0.319. The first-order chi connectivity index (χ1) is 7.47. The number of carbonyl (C=O) groups is 1. The topological polar surface area (TPSA) is 88.1 Å². The predicted octanol–water partition coefficient (Wildman–Crippen LogP) is -0.0925. The summed E-state index contributed by atoms with van der Waals surface area (Å²) in [6.07, 6.45) is -0.546.